The van der Waals surface area contributed by atoms with Gasteiger partial charge >= 0.3 is 0 Å². The van der Waals surface area contributed by atoms with Crippen LogP contribution in [0.2, 0.25) is 5.02 Å². The number of hydrogen-bond acceptors (Lipinski definition) is 5. The third-order valence-electron chi connectivity index (χ3n) is 4.01. The number of ketones is 1. The molecule has 0 amide bonds. The van der Waals surface area contributed by atoms with Crippen molar-refractivity contribution in [1.82, 2.24) is 9.62 Å². The maximum Gasteiger partial charge on any atom is 0.243 e. The Balaban J connectivity index is 2.05. The largest absolute Gasteiger partial charge is 0.515 e. The van der Waals surface area contributed by atoms with Crippen molar-refractivity contribution in [3.63, 3.8) is 0 Å². The highest BCUT2D eigenvalue weighted by Crippen LogP contribution is 2.33. The Bertz CT molecular complexity index is 730. The lowest BCUT2D eigenvalue weighted by Gasteiger charge is -2.45. The van der Waals surface area contributed by atoms with E-state index in [0.717, 1.165) is 6.26 Å². The number of halogens is 1. The van der Waals surface area contributed by atoms with Gasteiger partial charge < -0.3 is 10.4 Å². The van der Waals surface area contributed by atoms with Crippen molar-refractivity contribution in [2.75, 3.05) is 13.1 Å². The molecule has 2 unspecified atom stereocenters. The number of nitrogens with zero attached hydrogens (tertiary/aromatic N) is 1. The number of piperazine rings is 1. The van der Waals surface area contributed by atoms with Crippen molar-refractivity contribution in [3.8, 4) is 0 Å². The molecule has 22 heavy (non-hydrogen) atoms. The fraction of sp³-hybridized carbons (Fsp3) is 0.357. The Labute approximate surface area is 133 Å². The van der Waals surface area contributed by atoms with E-state index in [9.17, 15) is 18.3 Å². The molecule has 3 rings (SSSR count). The van der Waals surface area contributed by atoms with Crippen LogP contribution in [0.5, 0.6) is 0 Å². The number of hydrogen-bond donors (Lipinski definition) is 2. The lowest BCUT2D eigenvalue weighted by atomic mass is 9.90. The van der Waals surface area contributed by atoms with Gasteiger partial charge in [-0.1, -0.05) is 11.6 Å². The fourth-order valence-electron chi connectivity index (χ4n) is 3.00. The Morgan fingerprint density at radius 2 is 1.95 bits per heavy atom. The van der Waals surface area contributed by atoms with Gasteiger partial charge in [-0.3, -0.25) is 4.79 Å². The zero-order valence-corrected chi connectivity index (χ0v) is 13.1. The van der Waals surface area contributed by atoms with Crippen LogP contribution in [0.25, 0.3) is 0 Å². The summed E-state index contributed by atoms with van der Waals surface area (Å²) in [5.74, 6) is -0.207. The monoisotopic (exact) mass is 342 g/mol. The number of Topliss-reactive ketones (excluding diaryl/α,β-unsaturated/α-hetero) is 1. The third-order valence-corrected chi connectivity index (χ3v) is 6.24. The molecule has 2 atom stereocenters. The first-order chi connectivity index (χ1) is 10.4. The zero-order chi connectivity index (χ0) is 15.9. The minimum Gasteiger partial charge on any atom is -0.515 e. The molecule has 2 saturated heterocycles. The molecule has 6 nitrogen and oxygen atoms in total. The molecule has 0 aliphatic carbocycles. The number of rotatable bonds is 2. The van der Waals surface area contributed by atoms with Crippen LogP contribution in [0.1, 0.15) is 6.42 Å². The molecule has 2 aliphatic rings. The maximum absolute atomic E-state index is 12.9. The van der Waals surface area contributed by atoms with E-state index >= 15 is 0 Å². The van der Waals surface area contributed by atoms with Crippen LogP contribution in [-0.4, -0.2) is 48.8 Å². The van der Waals surface area contributed by atoms with Crippen LogP contribution in [0.4, 0.5) is 0 Å². The molecule has 2 fully saturated rings. The second kappa shape index (κ2) is 5.66. The van der Waals surface area contributed by atoms with E-state index in [1.807, 2.05) is 0 Å². The second-order valence-corrected chi connectivity index (χ2v) is 7.61. The first-order valence-corrected chi connectivity index (χ1v) is 8.64. The van der Waals surface area contributed by atoms with E-state index in [4.69, 9.17) is 11.6 Å². The molecular weight excluding hydrogens is 328 g/mol. The van der Waals surface area contributed by atoms with E-state index < -0.39 is 22.1 Å². The molecular formula is C14H15ClN2O4S. The number of fused-ring (bicyclic) bond motifs is 2. The molecule has 0 spiro atoms. The van der Waals surface area contributed by atoms with Crippen molar-refractivity contribution in [1.29, 1.82) is 0 Å². The normalized spacial score (nSPS) is 28.0. The third kappa shape index (κ3) is 2.44. The van der Waals surface area contributed by atoms with Gasteiger partial charge in [0.2, 0.25) is 10.0 Å². The zero-order valence-electron chi connectivity index (χ0n) is 11.6. The average Bonchev–Trinajstić information content (AvgIpc) is 2.47. The lowest BCUT2D eigenvalue weighted by molar-refractivity contribution is -0.119. The Hall–Kier alpha value is -1.41. The van der Waals surface area contributed by atoms with Crippen LogP contribution in [0.3, 0.4) is 0 Å². The standard InChI is InChI=1S/C14H15ClN2O4S/c15-9-1-3-11(4-2-9)22(20,21)17-10-5-14(19)12(8-18)13(17)7-16-6-10/h1-4,8,10,13,16,18H,5-7H2. The van der Waals surface area contributed by atoms with Crippen LogP contribution in [-0.2, 0) is 14.8 Å². The molecule has 2 N–H and O–H groups in total. The van der Waals surface area contributed by atoms with E-state index in [1.165, 1.54) is 28.6 Å². The molecule has 0 radical (unpaired) electrons. The molecule has 2 heterocycles. The number of nitrogens with one attached hydrogen (secondary N) is 1. The molecule has 0 saturated carbocycles. The number of sulfonamides is 1. The number of aliphatic hydroxyl groups is 1. The van der Waals surface area contributed by atoms with Gasteiger partial charge in [-0.2, -0.15) is 4.31 Å². The van der Waals surface area contributed by atoms with Crippen LogP contribution < -0.4 is 5.32 Å². The average molecular weight is 343 g/mol. The summed E-state index contributed by atoms with van der Waals surface area (Å²) >= 11 is 5.80. The predicted molar refractivity (Wildman–Crippen MR) is 81.3 cm³/mol. The predicted octanol–water partition coefficient (Wildman–Crippen LogP) is 1.09. The van der Waals surface area contributed by atoms with Gasteiger partial charge in [0, 0.05) is 36.1 Å². The number of carbonyl (C=O) groups excluding carboxylic acids is 1. The summed E-state index contributed by atoms with van der Waals surface area (Å²) in [6, 6.07) is 4.78. The number of aliphatic hydroxyl groups excluding tert-OH is 1. The summed E-state index contributed by atoms with van der Waals surface area (Å²) in [6.07, 6.45) is 0.781. The van der Waals surface area contributed by atoms with Crippen molar-refractivity contribution in [3.05, 3.63) is 41.1 Å². The second-order valence-electron chi connectivity index (χ2n) is 5.33. The number of benzene rings is 1. The summed E-state index contributed by atoms with van der Waals surface area (Å²) in [7, 11) is -3.77. The maximum atomic E-state index is 12.9. The van der Waals surface area contributed by atoms with Gasteiger partial charge in [-0.15, -0.1) is 0 Å². The van der Waals surface area contributed by atoms with E-state index in [1.54, 1.807) is 0 Å². The van der Waals surface area contributed by atoms with Crippen LogP contribution >= 0.6 is 11.6 Å². The Kier molecular flexibility index (Phi) is 3.98. The van der Waals surface area contributed by atoms with Gasteiger partial charge in [-0.05, 0) is 24.3 Å². The molecule has 2 aliphatic heterocycles. The van der Waals surface area contributed by atoms with Crippen molar-refractivity contribution >= 4 is 27.4 Å². The summed E-state index contributed by atoms with van der Waals surface area (Å²) < 4.78 is 27.2. The fourth-order valence-corrected chi connectivity index (χ4v) is 4.91. The van der Waals surface area contributed by atoms with Crippen molar-refractivity contribution in [2.45, 2.75) is 23.4 Å². The first kappa shape index (κ1) is 15.5. The molecule has 118 valence electrons. The lowest BCUT2D eigenvalue weighted by Crippen LogP contribution is -2.63. The molecule has 8 heteroatoms. The molecule has 1 aromatic rings. The minimum atomic E-state index is -3.77. The topological polar surface area (TPSA) is 86.7 Å². The van der Waals surface area contributed by atoms with Crippen molar-refractivity contribution < 1.29 is 18.3 Å². The molecule has 1 aromatic carbocycles. The summed E-state index contributed by atoms with van der Waals surface area (Å²) in [4.78, 5) is 12.1. The highest BCUT2D eigenvalue weighted by atomic mass is 35.5. The highest BCUT2D eigenvalue weighted by Gasteiger charge is 2.47. The highest BCUT2D eigenvalue weighted by molar-refractivity contribution is 7.89. The minimum absolute atomic E-state index is 0.0582. The van der Waals surface area contributed by atoms with E-state index in [-0.39, 0.29) is 22.7 Å². The summed E-state index contributed by atoms with van der Waals surface area (Å²) in [5, 5.41) is 12.9. The first-order valence-electron chi connectivity index (χ1n) is 6.82. The number of piperidine rings is 1. The van der Waals surface area contributed by atoms with E-state index in [2.05, 4.69) is 5.32 Å². The van der Waals surface area contributed by atoms with Crippen LogP contribution in [0.15, 0.2) is 41.0 Å². The quantitative estimate of drug-likeness (QED) is 0.620. The van der Waals surface area contributed by atoms with Crippen molar-refractivity contribution in [2.24, 2.45) is 0 Å². The van der Waals surface area contributed by atoms with Gasteiger partial charge in [0.05, 0.1) is 17.2 Å². The molecule has 0 aromatic heterocycles. The van der Waals surface area contributed by atoms with Crippen LogP contribution in [0, 0.1) is 0 Å². The van der Waals surface area contributed by atoms with Gasteiger partial charge in [-0.25, -0.2) is 8.42 Å². The Morgan fingerprint density at radius 1 is 1.27 bits per heavy atom. The SMILES string of the molecule is O=C1CC2CNCC(C1=CO)N2S(=O)(=O)c1ccc(Cl)cc1. The molecule has 2 bridgehead atoms. The Morgan fingerprint density at radius 3 is 2.59 bits per heavy atom. The van der Waals surface area contributed by atoms with Gasteiger partial charge in [0.1, 0.15) is 0 Å². The van der Waals surface area contributed by atoms with Gasteiger partial charge in [0.25, 0.3) is 0 Å². The van der Waals surface area contributed by atoms with E-state index in [0.29, 0.717) is 18.1 Å². The van der Waals surface area contributed by atoms with Gasteiger partial charge in [0.15, 0.2) is 5.78 Å². The number of carbonyl (C=O) groups is 1. The summed E-state index contributed by atoms with van der Waals surface area (Å²) in [5.41, 5.74) is 0.126. The smallest absolute Gasteiger partial charge is 0.243 e. The summed E-state index contributed by atoms with van der Waals surface area (Å²) in [6.45, 7) is 0.704.